The SMILES string of the molecule is CC1CCn2nc(CC3CCS(=O)(=O)C3)nc2C1. The molecule has 2 atom stereocenters. The van der Waals surface area contributed by atoms with Crippen LogP contribution in [-0.4, -0.2) is 34.7 Å². The minimum atomic E-state index is -2.79. The predicted octanol–water partition coefficient (Wildman–Crippen LogP) is 0.838. The quantitative estimate of drug-likeness (QED) is 0.798. The Morgan fingerprint density at radius 3 is 2.94 bits per heavy atom. The third-order valence-electron chi connectivity index (χ3n) is 3.95. The number of hydrogen-bond acceptors (Lipinski definition) is 4. The average molecular weight is 269 g/mol. The first-order valence-electron chi connectivity index (χ1n) is 6.65. The molecule has 0 amide bonds. The van der Waals surface area contributed by atoms with E-state index in [0.29, 0.717) is 23.8 Å². The second kappa shape index (κ2) is 4.33. The van der Waals surface area contributed by atoms with Crippen molar-refractivity contribution < 1.29 is 8.42 Å². The number of hydrogen-bond donors (Lipinski definition) is 0. The summed E-state index contributed by atoms with van der Waals surface area (Å²) in [6, 6.07) is 0. The highest BCUT2D eigenvalue weighted by Gasteiger charge is 2.29. The fraction of sp³-hybridized carbons (Fsp3) is 0.833. The standard InChI is InChI=1S/C12H19N3O2S/c1-9-2-4-15-12(6-9)13-11(14-15)7-10-3-5-18(16,17)8-10/h9-10H,2-8H2,1H3. The van der Waals surface area contributed by atoms with E-state index in [1.54, 1.807) is 0 Å². The molecule has 3 heterocycles. The van der Waals surface area contributed by atoms with Gasteiger partial charge < -0.3 is 0 Å². The van der Waals surface area contributed by atoms with Gasteiger partial charge in [0.05, 0.1) is 11.5 Å². The zero-order valence-corrected chi connectivity index (χ0v) is 11.5. The van der Waals surface area contributed by atoms with Crippen LogP contribution in [0.2, 0.25) is 0 Å². The van der Waals surface area contributed by atoms with Gasteiger partial charge in [-0.3, -0.25) is 0 Å². The van der Waals surface area contributed by atoms with Crippen molar-refractivity contribution in [3.05, 3.63) is 11.6 Å². The zero-order chi connectivity index (χ0) is 12.8. The smallest absolute Gasteiger partial charge is 0.151 e. The number of aryl methyl sites for hydroxylation is 1. The normalized spacial score (nSPS) is 30.3. The molecule has 0 aromatic carbocycles. The molecule has 1 aromatic heterocycles. The molecule has 3 rings (SSSR count). The fourth-order valence-corrected chi connectivity index (χ4v) is 4.75. The van der Waals surface area contributed by atoms with Gasteiger partial charge in [0.25, 0.3) is 0 Å². The molecule has 1 saturated heterocycles. The Morgan fingerprint density at radius 1 is 1.39 bits per heavy atom. The second-order valence-electron chi connectivity index (χ2n) is 5.74. The lowest BCUT2D eigenvalue weighted by Gasteiger charge is -2.17. The lowest BCUT2D eigenvalue weighted by molar-refractivity contribution is 0.385. The number of aromatic nitrogens is 3. The van der Waals surface area contributed by atoms with Crippen LogP contribution in [0.4, 0.5) is 0 Å². The highest BCUT2D eigenvalue weighted by molar-refractivity contribution is 7.91. The summed E-state index contributed by atoms with van der Waals surface area (Å²) in [6.45, 7) is 3.19. The molecule has 1 fully saturated rings. The van der Waals surface area contributed by atoms with E-state index < -0.39 is 9.84 Å². The average Bonchev–Trinajstić information content (AvgIpc) is 2.81. The summed E-state index contributed by atoms with van der Waals surface area (Å²) in [5.41, 5.74) is 0. The van der Waals surface area contributed by atoms with Gasteiger partial charge in [0.1, 0.15) is 5.82 Å². The minimum Gasteiger partial charge on any atom is -0.250 e. The van der Waals surface area contributed by atoms with Crippen molar-refractivity contribution in [1.82, 2.24) is 14.8 Å². The van der Waals surface area contributed by atoms with Gasteiger partial charge >= 0.3 is 0 Å². The predicted molar refractivity (Wildman–Crippen MR) is 68.0 cm³/mol. The van der Waals surface area contributed by atoms with Gasteiger partial charge in [0, 0.05) is 19.4 Å². The molecule has 5 nitrogen and oxygen atoms in total. The van der Waals surface area contributed by atoms with E-state index in [4.69, 9.17) is 0 Å². The Hall–Kier alpha value is -0.910. The Labute approximate surface area is 108 Å². The van der Waals surface area contributed by atoms with Crippen LogP contribution in [0.5, 0.6) is 0 Å². The number of fused-ring (bicyclic) bond motifs is 1. The number of sulfone groups is 1. The van der Waals surface area contributed by atoms with Crippen LogP contribution < -0.4 is 0 Å². The van der Waals surface area contributed by atoms with Crippen LogP contribution in [0, 0.1) is 11.8 Å². The van der Waals surface area contributed by atoms with E-state index in [2.05, 4.69) is 17.0 Å². The molecule has 0 radical (unpaired) electrons. The van der Waals surface area contributed by atoms with E-state index in [-0.39, 0.29) is 5.92 Å². The Kier molecular flexibility index (Phi) is 2.92. The van der Waals surface area contributed by atoms with Gasteiger partial charge in [-0.1, -0.05) is 6.92 Å². The van der Waals surface area contributed by atoms with Crippen molar-refractivity contribution in [2.24, 2.45) is 11.8 Å². The third kappa shape index (κ3) is 2.43. The summed E-state index contributed by atoms with van der Waals surface area (Å²) in [6.07, 6.45) is 3.64. The molecular formula is C12H19N3O2S. The third-order valence-corrected chi connectivity index (χ3v) is 5.79. The van der Waals surface area contributed by atoms with Crippen molar-refractivity contribution in [3.63, 3.8) is 0 Å². The molecule has 2 aliphatic rings. The van der Waals surface area contributed by atoms with E-state index >= 15 is 0 Å². The molecule has 100 valence electrons. The number of nitrogens with zero attached hydrogens (tertiary/aromatic N) is 3. The Bertz CT molecular complexity index is 550. The van der Waals surface area contributed by atoms with Gasteiger partial charge in [0.2, 0.25) is 0 Å². The lowest BCUT2D eigenvalue weighted by Crippen LogP contribution is -2.18. The first-order chi connectivity index (χ1) is 8.52. The summed E-state index contributed by atoms with van der Waals surface area (Å²) in [7, 11) is -2.79. The summed E-state index contributed by atoms with van der Waals surface area (Å²) < 4.78 is 24.8. The molecule has 6 heteroatoms. The molecule has 0 aliphatic carbocycles. The molecule has 0 N–H and O–H groups in total. The van der Waals surface area contributed by atoms with Crippen molar-refractivity contribution >= 4 is 9.84 Å². The molecule has 2 aliphatic heterocycles. The molecule has 2 unspecified atom stereocenters. The van der Waals surface area contributed by atoms with Gasteiger partial charge in [-0.05, 0) is 24.7 Å². The monoisotopic (exact) mass is 269 g/mol. The molecule has 0 spiro atoms. The van der Waals surface area contributed by atoms with Crippen LogP contribution >= 0.6 is 0 Å². The molecule has 0 saturated carbocycles. The highest BCUT2D eigenvalue weighted by Crippen LogP contribution is 2.23. The summed E-state index contributed by atoms with van der Waals surface area (Å²) in [5.74, 6) is 3.46. The first kappa shape index (κ1) is 12.1. The number of rotatable bonds is 2. The van der Waals surface area contributed by atoms with E-state index in [0.717, 1.165) is 37.5 Å². The van der Waals surface area contributed by atoms with E-state index in [9.17, 15) is 8.42 Å². The summed E-state index contributed by atoms with van der Waals surface area (Å²) in [4.78, 5) is 4.57. The maximum absolute atomic E-state index is 11.4. The zero-order valence-electron chi connectivity index (χ0n) is 10.7. The van der Waals surface area contributed by atoms with Gasteiger partial charge in [-0.25, -0.2) is 18.1 Å². The Morgan fingerprint density at radius 2 is 2.22 bits per heavy atom. The minimum absolute atomic E-state index is 0.219. The molecule has 0 bridgehead atoms. The van der Waals surface area contributed by atoms with Gasteiger partial charge in [0.15, 0.2) is 15.7 Å². The topological polar surface area (TPSA) is 64.8 Å². The summed E-state index contributed by atoms with van der Waals surface area (Å²) in [5, 5.41) is 4.51. The molecular weight excluding hydrogens is 250 g/mol. The maximum Gasteiger partial charge on any atom is 0.151 e. The van der Waals surface area contributed by atoms with Crippen LogP contribution in [0.15, 0.2) is 0 Å². The van der Waals surface area contributed by atoms with E-state index in [1.807, 2.05) is 4.68 Å². The van der Waals surface area contributed by atoms with Gasteiger partial charge in [-0.15, -0.1) is 0 Å². The lowest BCUT2D eigenvalue weighted by atomic mass is 10.0. The van der Waals surface area contributed by atoms with Crippen molar-refractivity contribution in [2.75, 3.05) is 11.5 Å². The van der Waals surface area contributed by atoms with Crippen LogP contribution in [0.25, 0.3) is 0 Å². The highest BCUT2D eigenvalue weighted by atomic mass is 32.2. The van der Waals surface area contributed by atoms with Crippen LogP contribution in [0.3, 0.4) is 0 Å². The first-order valence-corrected chi connectivity index (χ1v) is 8.47. The van der Waals surface area contributed by atoms with Crippen LogP contribution in [0.1, 0.15) is 31.4 Å². The Balaban J connectivity index is 1.71. The summed E-state index contributed by atoms with van der Waals surface area (Å²) >= 11 is 0. The van der Waals surface area contributed by atoms with Gasteiger partial charge in [-0.2, -0.15) is 5.10 Å². The van der Waals surface area contributed by atoms with Crippen LogP contribution in [-0.2, 0) is 29.2 Å². The molecule has 18 heavy (non-hydrogen) atoms. The van der Waals surface area contributed by atoms with Crippen molar-refractivity contribution in [3.8, 4) is 0 Å². The molecule has 1 aromatic rings. The van der Waals surface area contributed by atoms with Crippen molar-refractivity contribution in [1.29, 1.82) is 0 Å². The fourth-order valence-electron chi connectivity index (χ4n) is 2.89. The second-order valence-corrected chi connectivity index (χ2v) is 7.97. The van der Waals surface area contributed by atoms with E-state index in [1.165, 1.54) is 0 Å². The van der Waals surface area contributed by atoms with Crippen molar-refractivity contribution in [2.45, 2.75) is 39.2 Å². The largest absolute Gasteiger partial charge is 0.250 e. The maximum atomic E-state index is 11.4.